The van der Waals surface area contributed by atoms with Gasteiger partial charge >= 0.3 is 0 Å². The van der Waals surface area contributed by atoms with Crippen LogP contribution in [0, 0.1) is 12.7 Å². The zero-order valence-corrected chi connectivity index (χ0v) is 14.0. The molecular weight excluding hydrogens is 337 g/mol. The molecule has 0 saturated carbocycles. The van der Waals surface area contributed by atoms with Gasteiger partial charge in [0.25, 0.3) is 5.91 Å². The number of hydrogen-bond acceptors (Lipinski definition) is 6. The number of aromatic nitrogens is 3. The number of hydrogen-bond donors (Lipinski definition) is 2. The summed E-state index contributed by atoms with van der Waals surface area (Å²) in [5.74, 6) is -0.401. The molecule has 2 aromatic heterocycles. The molecule has 0 bridgehead atoms. The summed E-state index contributed by atoms with van der Waals surface area (Å²) in [4.78, 5) is 25.2. The van der Waals surface area contributed by atoms with Crippen molar-refractivity contribution in [1.29, 1.82) is 0 Å². The molecule has 1 atom stereocenters. The number of nitrogens with one attached hydrogen (secondary N) is 1. The smallest absolute Gasteiger partial charge is 0.274 e. The fraction of sp³-hybridized carbons (Fsp3) is 0.222. The molecule has 0 spiro atoms. The zero-order valence-electron chi connectivity index (χ0n) is 14.0. The minimum atomic E-state index is -0.417. The largest absolute Gasteiger partial charge is 0.443 e. The summed E-state index contributed by atoms with van der Waals surface area (Å²) < 4.78 is 18.5. The maximum absolute atomic E-state index is 13.3. The van der Waals surface area contributed by atoms with Crippen LogP contribution in [0.4, 0.5) is 10.2 Å². The van der Waals surface area contributed by atoms with Gasteiger partial charge in [-0.2, -0.15) is 0 Å². The Morgan fingerprint density at radius 3 is 3.00 bits per heavy atom. The van der Waals surface area contributed by atoms with Crippen molar-refractivity contribution in [2.24, 2.45) is 0 Å². The molecule has 1 aliphatic rings. The van der Waals surface area contributed by atoms with Crippen LogP contribution >= 0.6 is 0 Å². The molecule has 0 aliphatic heterocycles. The molecule has 7 nitrogen and oxygen atoms in total. The second kappa shape index (κ2) is 6.21. The van der Waals surface area contributed by atoms with E-state index in [-0.39, 0.29) is 23.4 Å². The average Bonchev–Trinajstić information content (AvgIpc) is 3.26. The van der Waals surface area contributed by atoms with Crippen LogP contribution in [-0.4, -0.2) is 20.9 Å². The summed E-state index contributed by atoms with van der Waals surface area (Å²) in [6, 6.07) is 4.40. The van der Waals surface area contributed by atoms with Crippen LogP contribution in [0.3, 0.4) is 0 Å². The number of rotatable bonds is 3. The third kappa shape index (κ3) is 2.79. The SMILES string of the molecule is Cc1nc(C(=O)N[C@H]2CCc3cc(F)ccc32)c(N)nc1-c1ncco1. The van der Waals surface area contributed by atoms with E-state index in [0.717, 1.165) is 11.1 Å². The predicted octanol–water partition coefficient (Wildman–Crippen LogP) is 2.58. The highest BCUT2D eigenvalue weighted by atomic mass is 19.1. The molecule has 3 aromatic rings. The first-order valence-corrected chi connectivity index (χ1v) is 8.16. The topological polar surface area (TPSA) is 107 Å². The minimum Gasteiger partial charge on any atom is -0.443 e. The summed E-state index contributed by atoms with van der Waals surface area (Å²) in [5, 5.41) is 2.91. The van der Waals surface area contributed by atoms with Crippen LogP contribution in [0.2, 0.25) is 0 Å². The van der Waals surface area contributed by atoms with E-state index in [4.69, 9.17) is 10.2 Å². The Balaban J connectivity index is 1.59. The van der Waals surface area contributed by atoms with E-state index in [0.29, 0.717) is 30.1 Å². The molecule has 1 aromatic carbocycles. The van der Waals surface area contributed by atoms with Gasteiger partial charge in [-0.1, -0.05) is 6.07 Å². The van der Waals surface area contributed by atoms with Gasteiger partial charge in [0.05, 0.1) is 17.9 Å². The van der Waals surface area contributed by atoms with Crippen molar-refractivity contribution >= 4 is 11.7 Å². The second-order valence-electron chi connectivity index (χ2n) is 6.14. The standard InChI is InChI=1S/C18H16FN5O2/c1-9-14(18-21-6-7-26-18)24-16(20)15(22-9)17(25)23-13-5-2-10-8-11(19)3-4-12(10)13/h3-4,6-8,13H,2,5H2,1H3,(H2,20,24)(H,23,25)/t13-/m0/s1. The van der Waals surface area contributed by atoms with Gasteiger partial charge in [0, 0.05) is 0 Å². The van der Waals surface area contributed by atoms with E-state index < -0.39 is 5.91 Å². The van der Waals surface area contributed by atoms with Gasteiger partial charge in [-0.3, -0.25) is 4.79 Å². The highest BCUT2D eigenvalue weighted by molar-refractivity contribution is 5.97. The molecule has 2 heterocycles. The molecule has 0 saturated heterocycles. The quantitative estimate of drug-likeness (QED) is 0.749. The monoisotopic (exact) mass is 353 g/mol. The Bertz CT molecular complexity index is 987. The number of halogens is 1. The number of benzene rings is 1. The fourth-order valence-electron chi connectivity index (χ4n) is 3.20. The zero-order chi connectivity index (χ0) is 18.3. The Labute approximate surface area is 148 Å². The van der Waals surface area contributed by atoms with Gasteiger partial charge < -0.3 is 15.5 Å². The number of anilines is 1. The third-order valence-electron chi connectivity index (χ3n) is 4.44. The number of carbonyl (C=O) groups is 1. The molecule has 132 valence electrons. The van der Waals surface area contributed by atoms with Gasteiger partial charge in [0.15, 0.2) is 11.5 Å². The van der Waals surface area contributed by atoms with E-state index >= 15 is 0 Å². The molecule has 8 heteroatoms. The van der Waals surface area contributed by atoms with Crippen molar-refractivity contribution in [3.05, 3.63) is 59.0 Å². The Hall–Kier alpha value is -3.29. The summed E-state index contributed by atoms with van der Waals surface area (Å²) in [5.41, 5.74) is 8.69. The lowest BCUT2D eigenvalue weighted by Crippen LogP contribution is -2.29. The van der Waals surface area contributed by atoms with Crippen LogP contribution in [0.5, 0.6) is 0 Å². The number of fused-ring (bicyclic) bond motifs is 1. The van der Waals surface area contributed by atoms with Crippen molar-refractivity contribution in [3.8, 4) is 11.6 Å². The maximum atomic E-state index is 13.3. The molecule has 0 radical (unpaired) electrons. The number of aryl methyl sites for hydroxylation is 2. The number of carbonyl (C=O) groups excluding carboxylic acids is 1. The molecule has 1 amide bonds. The Morgan fingerprint density at radius 1 is 1.38 bits per heavy atom. The van der Waals surface area contributed by atoms with Gasteiger partial charge in [-0.25, -0.2) is 19.3 Å². The predicted molar refractivity (Wildman–Crippen MR) is 91.6 cm³/mol. The molecule has 4 rings (SSSR count). The van der Waals surface area contributed by atoms with Crippen molar-refractivity contribution in [3.63, 3.8) is 0 Å². The number of oxazole rings is 1. The van der Waals surface area contributed by atoms with Crippen molar-refractivity contribution in [2.75, 3.05) is 5.73 Å². The van der Waals surface area contributed by atoms with Crippen molar-refractivity contribution in [2.45, 2.75) is 25.8 Å². The molecule has 1 aliphatic carbocycles. The van der Waals surface area contributed by atoms with Crippen LogP contribution in [0.25, 0.3) is 11.6 Å². The van der Waals surface area contributed by atoms with E-state index in [1.54, 1.807) is 13.0 Å². The number of nitrogens with two attached hydrogens (primary N) is 1. The lowest BCUT2D eigenvalue weighted by molar-refractivity contribution is 0.0932. The summed E-state index contributed by atoms with van der Waals surface area (Å²) >= 11 is 0. The molecule has 0 unspecified atom stereocenters. The first-order valence-electron chi connectivity index (χ1n) is 8.16. The molecular formula is C18H16FN5O2. The van der Waals surface area contributed by atoms with Crippen molar-refractivity contribution in [1.82, 2.24) is 20.3 Å². The van der Waals surface area contributed by atoms with Crippen LogP contribution in [0.15, 0.2) is 35.1 Å². The Kier molecular flexibility index (Phi) is 3.87. The van der Waals surface area contributed by atoms with E-state index in [9.17, 15) is 9.18 Å². The van der Waals surface area contributed by atoms with E-state index in [1.807, 2.05) is 0 Å². The highest BCUT2D eigenvalue weighted by Crippen LogP contribution is 2.32. The number of nitrogen functional groups attached to an aromatic ring is 1. The number of nitrogens with zero attached hydrogens (tertiary/aromatic N) is 3. The lowest BCUT2D eigenvalue weighted by atomic mass is 10.1. The molecule has 0 fully saturated rings. The summed E-state index contributed by atoms with van der Waals surface area (Å²) in [6.07, 6.45) is 4.33. The highest BCUT2D eigenvalue weighted by Gasteiger charge is 2.26. The lowest BCUT2D eigenvalue weighted by Gasteiger charge is -2.15. The van der Waals surface area contributed by atoms with Crippen LogP contribution < -0.4 is 11.1 Å². The van der Waals surface area contributed by atoms with E-state index in [1.165, 1.54) is 24.6 Å². The third-order valence-corrected chi connectivity index (χ3v) is 4.44. The number of amides is 1. The Morgan fingerprint density at radius 2 is 2.23 bits per heavy atom. The van der Waals surface area contributed by atoms with Gasteiger partial charge in [0.1, 0.15) is 17.8 Å². The van der Waals surface area contributed by atoms with Crippen LogP contribution in [-0.2, 0) is 6.42 Å². The van der Waals surface area contributed by atoms with Crippen LogP contribution in [0.1, 0.15) is 39.8 Å². The average molecular weight is 353 g/mol. The summed E-state index contributed by atoms with van der Waals surface area (Å²) in [6.45, 7) is 1.70. The first-order chi connectivity index (χ1) is 12.5. The molecule has 3 N–H and O–H groups in total. The van der Waals surface area contributed by atoms with Gasteiger partial charge in [-0.15, -0.1) is 0 Å². The minimum absolute atomic E-state index is 0.00127. The maximum Gasteiger partial charge on any atom is 0.274 e. The normalized spacial score (nSPS) is 15.7. The van der Waals surface area contributed by atoms with E-state index in [2.05, 4.69) is 20.3 Å². The van der Waals surface area contributed by atoms with Gasteiger partial charge in [-0.05, 0) is 43.0 Å². The first kappa shape index (κ1) is 16.2. The summed E-state index contributed by atoms with van der Waals surface area (Å²) in [7, 11) is 0. The van der Waals surface area contributed by atoms with Crippen molar-refractivity contribution < 1.29 is 13.6 Å². The second-order valence-corrected chi connectivity index (χ2v) is 6.14. The fourth-order valence-corrected chi connectivity index (χ4v) is 3.20. The van der Waals surface area contributed by atoms with Gasteiger partial charge in [0.2, 0.25) is 5.89 Å². The molecule has 26 heavy (non-hydrogen) atoms.